The number of fused-ring (bicyclic) bond motifs is 1. The topological polar surface area (TPSA) is 296 Å². The highest BCUT2D eigenvalue weighted by Gasteiger charge is 2.47. The molecule has 2 saturated heterocycles. The standard InChI is InChI=1S/C36H36O18/c37-13-22-26(42)29(45)31(47)35(52-22)50-19-8-4-16(5-9-19)33-34(28(44)25-20(40)11-18(39)12-21(25)51-33)54-36-32(48)30(46)27(43)23(53-36)14-49-24(41)10-3-15-1-6-17(38)7-2-15/h1-12,22-23,26-27,29-32,35-40,42-43,45-48H,13-14H2/b10-3+. The molecule has 0 spiro atoms. The van der Waals surface area contributed by atoms with Crippen LogP contribution in [-0.2, 0) is 19.0 Å². The van der Waals surface area contributed by atoms with Gasteiger partial charge >= 0.3 is 5.97 Å². The number of carbonyl (C=O) groups is 1. The zero-order valence-corrected chi connectivity index (χ0v) is 27.9. The van der Waals surface area contributed by atoms with E-state index in [1.54, 1.807) is 12.1 Å². The third kappa shape index (κ3) is 7.97. The number of rotatable bonds is 10. The van der Waals surface area contributed by atoms with E-state index in [-0.39, 0.29) is 28.4 Å². The summed E-state index contributed by atoms with van der Waals surface area (Å²) in [5, 5.41) is 102. The van der Waals surface area contributed by atoms with Gasteiger partial charge in [0.15, 0.2) is 5.76 Å². The van der Waals surface area contributed by atoms with E-state index < -0.39 is 109 Å². The molecule has 0 radical (unpaired) electrons. The molecule has 4 aromatic rings. The van der Waals surface area contributed by atoms with Crippen molar-refractivity contribution in [1.29, 1.82) is 0 Å². The third-order valence-corrected chi connectivity index (χ3v) is 8.73. The molecule has 288 valence electrons. The molecule has 2 aliphatic heterocycles. The van der Waals surface area contributed by atoms with Crippen LogP contribution in [0.25, 0.3) is 28.4 Å². The van der Waals surface area contributed by atoms with Gasteiger partial charge < -0.3 is 79.2 Å². The molecule has 18 nitrogen and oxygen atoms in total. The highest BCUT2D eigenvalue weighted by molar-refractivity contribution is 5.88. The number of benzene rings is 3. The quantitative estimate of drug-likeness (QED) is 0.0700. The molecule has 0 amide bonds. The first-order valence-electron chi connectivity index (χ1n) is 16.4. The van der Waals surface area contributed by atoms with Crippen molar-refractivity contribution in [3.63, 3.8) is 0 Å². The molecule has 1 aromatic heterocycles. The van der Waals surface area contributed by atoms with Gasteiger partial charge in [-0.05, 0) is 48.0 Å². The van der Waals surface area contributed by atoms with Gasteiger partial charge in [-0.1, -0.05) is 12.1 Å². The first-order valence-corrected chi connectivity index (χ1v) is 16.4. The molecule has 0 saturated carbocycles. The minimum absolute atomic E-state index is 0.0259. The van der Waals surface area contributed by atoms with Gasteiger partial charge in [-0.25, -0.2) is 4.79 Å². The van der Waals surface area contributed by atoms with Crippen LogP contribution in [0.15, 0.2) is 76.0 Å². The van der Waals surface area contributed by atoms with E-state index in [1.165, 1.54) is 42.5 Å². The van der Waals surface area contributed by atoms with Gasteiger partial charge in [0, 0.05) is 23.8 Å². The fourth-order valence-electron chi connectivity index (χ4n) is 5.78. The molecule has 10 unspecified atom stereocenters. The fraction of sp³-hybridized carbons (Fsp3) is 0.333. The number of aliphatic hydroxyl groups excluding tert-OH is 7. The number of aromatic hydroxyl groups is 3. The molecule has 0 bridgehead atoms. The van der Waals surface area contributed by atoms with Gasteiger partial charge in [0.25, 0.3) is 0 Å². The normalized spacial score (nSPS) is 28.6. The summed E-state index contributed by atoms with van der Waals surface area (Å²) < 4.78 is 33.5. The zero-order chi connectivity index (χ0) is 38.8. The summed E-state index contributed by atoms with van der Waals surface area (Å²) in [6, 6.07) is 13.2. The Morgan fingerprint density at radius 1 is 0.722 bits per heavy atom. The van der Waals surface area contributed by atoms with Gasteiger partial charge in [-0.2, -0.15) is 0 Å². The van der Waals surface area contributed by atoms with Crippen molar-refractivity contribution >= 4 is 23.0 Å². The van der Waals surface area contributed by atoms with Crippen molar-refractivity contribution in [3.05, 3.63) is 82.5 Å². The molecule has 3 heterocycles. The molecule has 54 heavy (non-hydrogen) atoms. The van der Waals surface area contributed by atoms with Gasteiger partial charge in [-0.15, -0.1) is 0 Å². The van der Waals surface area contributed by atoms with E-state index in [9.17, 15) is 60.7 Å². The number of aliphatic hydroxyl groups is 7. The first kappa shape index (κ1) is 38.4. The lowest BCUT2D eigenvalue weighted by Gasteiger charge is -2.39. The van der Waals surface area contributed by atoms with Crippen LogP contribution in [0.5, 0.6) is 28.7 Å². The Kier molecular flexibility index (Phi) is 11.4. The Hall–Kier alpha value is -5.28. The predicted octanol–water partition coefficient (Wildman–Crippen LogP) is -0.802. The average Bonchev–Trinajstić information content (AvgIpc) is 3.15. The molecule has 3 aromatic carbocycles. The lowest BCUT2D eigenvalue weighted by atomic mass is 9.99. The summed E-state index contributed by atoms with van der Waals surface area (Å²) in [5.41, 5.74) is -0.630. The minimum Gasteiger partial charge on any atom is -0.508 e. The molecule has 10 N–H and O–H groups in total. The maximum Gasteiger partial charge on any atom is 0.330 e. The van der Waals surface area contributed by atoms with E-state index >= 15 is 0 Å². The molecule has 0 aliphatic carbocycles. The van der Waals surface area contributed by atoms with Crippen LogP contribution in [0.4, 0.5) is 0 Å². The number of phenolic OH excluding ortho intramolecular Hbond substituents is 3. The van der Waals surface area contributed by atoms with Crippen LogP contribution in [0.2, 0.25) is 0 Å². The van der Waals surface area contributed by atoms with Crippen molar-refractivity contribution in [2.24, 2.45) is 0 Å². The Morgan fingerprint density at radius 2 is 1.33 bits per heavy atom. The fourth-order valence-corrected chi connectivity index (χ4v) is 5.78. The van der Waals surface area contributed by atoms with Crippen LogP contribution in [0.3, 0.4) is 0 Å². The average molecular weight is 757 g/mol. The van der Waals surface area contributed by atoms with Crippen molar-refractivity contribution in [2.45, 2.75) is 61.4 Å². The molecule has 2 fully saturated rings. The minimum atomic E-state index is -1.98. The first-order chi connectivity index (χ1) is 25.7. The van der Waals surface area contributed by atoms with Crippen molar-refractivity contribution in [2.75, 3.05) is 13.2 Å². The second-order valence-electron chi connectivity index (χ2n) is 12.5. The number of esters is 1. The molecule has 18 heteroatoms. The van der Waals surface area contributed by atoms with Gasteiger partial charge in [0.05, 0.1) is 6.61 Å². The Labute approximate surface area is 304 Å². The predicted molar refractivity (Wildman–Crippen MR) is 181 cm³/mol. The second kappa shape index (κ2) is 16.0. The van der Waals surface area contributed by atoms with Gasteiger partial charge in [-0.3, -0.25) is 4.79 Å². The summed E-state index contributed by atoms with van der Waals surface area (Å²) in [4.78, 5) is 26.3. The number of hydrogen-bond acceptors (Lipinski definition) is 18. The highest BCUT2D eigenvalue weighted by Crippen LogP contribution is 2.38. The summed E-state index contributed by atoms with van der Waals surface area (Å²) in [6.45, 7) is -1.32. The van der Waals surface area contributed by atoms with Gasteiger partial charge in [0.2, 0.25) is 23.8 Å². The summed E-state index contributed by atoms with van der Waals surface area (Å²) >= 11 is 0. The van der Waals surface area contributed by atoms with E-state index in [2.05, 4.69) is 0 Å². The van der Waals surface area contributed by atoms with Crippen LogP contribution in [-0.4, -0.2) is 132 Å². The Morgan fingerprint density at radius 3 is 1.98 bits per heavy atom. The number of ether oxygens (including phenoxy) is 5. The second-order valence-corrected chi connectivity index (χ2v) is 12.5. The lowest BCUT2D eigenvalue weighted by Crippen LogP contribution is -2.60. The lowest BCUT2D eigenvalue weighted by molar-refractivity contribution is -0.278. The van der Waals surface area contributed by atoms with Crippen molar-refractivity contribution in [3.8, 4) is 40.1 Å². The molecule has 6 rings (SSSR count). The number of carbonyl (C=O) groups excluding carboxylic acids is 1. The molecular weight excluding hydrogens is 720 g/mol. The molecule has 10 atom stereocenters. The van der Waals surface area contributed by atoms with Crippen molar-refractivity contribution < 1.29 is 84.0 Å². The maximum absolute atomic E-state index is 13.9. The Bertz CT molecular complexity index is 2030. The van der Waals surface area contributed by atoms with Gasteiger partial charge in [0.1, 0.15) is 89.4 Å². The van der Waals surface area contributed by atoms with E-state index in [1.807, 2.05) is 0 Å². The van der Waals surface area contributed by atoms with E-state index in [4.69, 9.17) is 28.1 Å². The van der Waals surface area contributed by atoms with Crippen LogP contribution >= 0.6 is 0 Å². The van der Waals surface area contributed by atoms with Crippen LogP contribution in [0.1, 0.15) is 5.56 Å². The zero-order valence-electron chi connectivity index (χ0n) is 27.9. The monoisotopic (exact) mass is 756 g/mol. The summed E-state index contributed by atoms with van der Waals surface area (Å²) in [5.74, 6) is -2.94. The van der Waals surface area contributed by atoms with Crippen LogP contribution in [0, 0.1) is 0 Å². The van der Waals surface area contributed by atoms with Crippen molar-refractivity contribution in [1.82, 2.24) is 0 Å². The van der Waals surface area contributed by atoms with E-state index in [0.29, 0.717) is 5.56 Å². The number of hydrogen-bond donors (Lipinski definition) is 10. The number of phenols is 3. The molecule has 2 aliphatic rings. The summed E-state index contributed by atoms with van der Waals surface area (Å²) in [6.07, 6.45) is -14.4. The maximum atomic E-state index is 13.9. The third-order valence-electron chi connectivity index (χ3n) is 8.73. The van der Waals surface area contributed by atoms with E-state index in [0.717, 1.165) is 18.2 Å². The summed E-state index contributed by atoms with van der Waals surface area (Å²) in [7, 11) is 0. The smallest absolute Gasteiger partial charge is 0.330 e. The SMILES string of the molecule is O=C(/C=C/c1ccc(O)cc1)OCC1OC(Oc2c(-c3ccc(OC4OC(CO)C(O)C(O)C4O)cc3)oc3cc(O)cc(O)c3c2=O)C(O)C(O)C1O. The molecular formula is C36H36O18. The van der Waals surface area contributed by atoms with Crippen LogP contribution < -0.4 is 14.9 Å². The largest absolute Gasteiger partial charge is 0.508 e. The highest BCUT2D eigenvalue weighted by atomic mass is 16.7. The Balaban J connectivity index is 1.26.